The fourth-order valence-electron chi connectivity index (χ4n) is 3.38. The molecule has 6 nitrogen and oxygen atoms in total. The van der Waals surface area contributed by atoms with Crippen molar-refractivity contribution in [1.29, 1.82) is 0 Å². The number of oxime groups is 1. The Kier molecular flexibility index (Phi) is 6.11. The second-order valence-electron chi connectivity index (χ2n) is 6.91. The fraction of sp³-hybridized carbons (Fsp3) is 0.182. The van der Waals surface area contributed by atoms with Crippen LogP contribution in [0.1, 0.15) is 22.4 Å². The molecule has 0 aliphatic carbocycles. The van der Waals surface area contributed by atoms with E-state index in [4.69, 9.17) is 11.6 Å². The molecule has 0 atom stereocenters. The van der Waals surface area contributed by atoms with Crippen molar-refractivity contribution in [3.8, 4) is 0 Å². The molecular formula is C22H19ClFN5O. The number of nitrogens with zero attached hydrogens (tertiary/aromatic N) is 4. The summed E-state index contributed by atoms with van der Waals surface area (Å²) in [7, 11) is 0. The minimum Gasteiger partial charge on any atom is -0.411 e. The second kappa shape index (κ2) is 9.11. The van der Waals surface area contributed by atoms with E-state index in [1.54, 1.807) is 24.5 Å². The Morgan fingerprint density at radius 2 is 2.03 bits per heavy atom. The van der Waals surface area contributed by atoms with E-state index in [0.29, 0.717) is 37.5 Å². The van der Waals surface area contributed by atoms with Crippen molar-refractivity contribution in [3.63, 3.8) is 0 Å². The van der Waals surface area contributed by atoms with E-state index in [9.17, 15) is 9.60 Å². The molecule has 0 radical (unpaired) electrons. The maximum atomic E-state index is 13.4. The molecule has 0 saturated heterocycles. The molecule has 1 aromatic carbocycles. The summed E-state index contributed by atoms with van der Waals surface area (Å²) in [5.41, 5.74) is 4.78. The van der Waals surface area contributed by atoms with E-state index in [0.717, 1.165) is 28.1 Å². The number of nitrogens with one attached hydrogen (secondary N) is 1. The van der Waals surface area contributed by atoms with Gasteiger partial charge in [-0.1, -0.05) is 28.9 Å². The quantitative estimate of drug-likeness (QED) is 0.340. The molecule has 2 aromatic heterocycles. The lowest BCUT2D eigenvalue weighted by Crippen LogP contribution is -2.23. The minimum atomic E-state index is -0.482. The van der Waals surface area contributed by atoms with E-state index in [2.05, 4.69) is 25.4 Å². The van der Waals surface area contributed by atoms with E-state index >= 15 is 0 Å². The molecule has 0 spiro atoms. The van der Waals surface area contributed by atoms with Gasteiger partial charge in [0.1, 0.15) is 5.82 Å². The summed E-state index contributed by atoms with van der Waals surface area (Å²) in [5, 5.41) is 16.5. The van der Waals surface area contributed by atoms with Crippen molar-refractivity contribution < 1.29 is 9.60 Å². The second-order valence-corrected chi connectivity index (χ2v) is 7.32. The van der Waals surface area contributed by atoms with Crippen LogP contribution in [0, 0.1) is 5.82 Å². The van der Waals surface area contributed by atoms with Crippen LogP contribution in [0.3, 0.4) is 0 Å². The van der Waals surface area contributed by atoms with Gasteiger partial charge < -0.3 is 10.5 Å². The topological polar surface area (TPSA) is 82.8 Å². The fourth-order valence-corrected chi connectivity index (χ4v) is 3.59. The minimum absolute atomic E-state index is 0.0364. The number of aliphatic imine (C=N–C) groups is 1. The molecule has 30 heavy (non-hydrogen) atoms. The lowest BCUT2D eigenvalue weighted by molar-refractivity contribution is 0.318. The molecule has 0 fully saturated rings. The number of hydrogen-bond acceptors (Lipinski definition) is 6. The van der Waals surface area contributed by atoms with Crippen molar-refractivity contribution in [2.75, 3.05) is 6.54 Å². The van der Waals surface area contributed by atoms with Gasteiger partial charge in [0.05, 0.1) is 16.4 Å². The smallest absolute Gasteiger partial charge is 0.156 e. The predicted octanol–water partition coefficient (Wildman–Crippen LogP) is 4.11. The highest BCUT2D eigenvalue weighted by molar-refractivity contribution is 6.30. The zero-order chi connectivity index (χ0) is 20.9. The molecular weight excluding hydrogens is 405 g/mol. The van der Waals surface area contributed by atoms with Crippen molar-refractivity contribution >= 4 is 28.8 Å². The van der Waals surface area contributed by atoms with Crippen LogP contribution in [0.4, 0.5) is 10.2 Å². The number of aromatic nitrogens is 2. The molecule has 2 N–H and O–H groups in total. The van der Waals surface area contributed by atoms with Crippen LogP contribution in [0.5, 0.6) is 0 Å². The standard InChI is InChI=1S/C22H19ClFN5O/c23-19-9-14(4-5-20(19)24)10-21(29-30)17-6-8-27-22-18(17)11-16(28-22)13-25-12-15-3-1-2-7-26-15/h1-9,25,30H,10-13H2/b29-21+. The van der Waals surface area contributed by atoms with Crippen molar-refractivity contribution in [1.82, 2.24) is 15.3 Å². The molecule has 8 heteroatoms. The number of rotatable bonds is 7. The maximum Gasteiger partial charge on any atom is 0.156 e. The third kappa shape index (κ3) is 4.53. The highest BCUT2D eigenvalue weighted by Crippen LogP contribution is 2.28. The number of halogens is 2. The average molecular weight is 424 g/mol. The Morgan fingerprint density at radius 3 is 2.80 bits per heavy atom. The molecule has 3 heterocycles. The first kappa shape index (κ1) is 20.1. The molecule has 0 bridgehead atoms. The molecule has 152 valence electrons. The summed E-state index contributed by atoms with van der Waals surface area (Å²) in [5.74, 6) is 0.143. The normalized spacial score (nSPS) is 13.3. The van der Waals surface area contributed by atoms with Gasteiger partial charge in [-0.15, -0.1) is 0 Å². The third-order valence-corrected chi connectivity index (χ3v) is 5.12. The van der Waals surface area contributed by atoms with Crippen LogP contribution in [0.25, 0.3) is 0 Å². The zero-order valence-electron chi connectivity index (χ0n) is 16.0. The summed E-state index contributed by atoms with van der Waals surface area (Å²) < 4.78 is 13.4. The van der Waals surface area contributed by atoms with E-state index in [-0.39, 0.29) is 5.02 Å². The Morgan fingerprint density at radius 1 is 1.13 bits per heavy atom. The number of pyridine rings is 2. The lowest BCUT2D eigenvalue weighted by Gasteiger charge is -2.10. The van der Waals surface area contributed by atoms with Gasteiger partial charge in [0.2, 0.25) is 0 Å². The van der Waals surface area contributed by atoms with Gasteiger partial charge in [-0.05, 0) is 35.9 Å². The van der Waals surface area contributed by atoms with Crippen molar-refractivity contribution in [2.45, 2.75) is 19.4 Å². The van der Waals surface area contributed by atoms with Crippen LogP contribution in [0.2, 0.25) is 5.02 Å². The van der Waals surface area contributed by atoms with Gasteiger partial charge in [-0.25, -0.2) is 14.4 Å². The van der Waals surface area contributed by atoms with Crippen LogP contribution < -0.4 is 5.32 Å². The number of hydrogen-bond donors (Lipinski definition) is 2. The van der Waals surface area contributed by atoms with Crippen LogP contribution >= 0.6 is 11.6 Å². The summed E-state index contributed by atoms with van der Waals surface area (Å²) in [6, 6.07) is 12.1. The molecule has 1 aliphatic rings. The molecule has 0 unspecified atom stereocenters. The molecule has 3 aromatic rings. The van der Waals surface area contributed by atoms with Gasteiger partial charge in [-0.3, -0.25) is 4.98 Å². The molecule has 4 rings (SSSR count). The highest BCUT2D eigenvalue weighted by atomic mass is 35.5. The summed E-state index contributed by atoms with van der Waals surface area (Å²) in [6.45, 7) is 1.25. The highest BCUT2D eigenvalue weighted by Gasteiger charge is 2.22. The van der Waals surface area contributed by atoms with Crippen LogP contribution in [-0.2, 0) is 19.4 Å². The van der Waals surface area contributed by atoms with Crippen molar-refractivity contribution in [3.05, 3.63) is 88.1 Å². The van der Waals surface area contributed by atoms with Gasteiger partial charge in [-0.2, -0.15) is 0 Å². The SMILES string of the molecule is O/N=C(\Cc1ccc(F)c(Cl)c1)c1ccnc2c1CC(CNCc1ccccn1)=N2. The van der Waals surface area contributed by atoms with Crippen molar-refractivity contribution in [2.24, 2.45) is 10.1 Å². The largest absolute Gasteiger partial charge is 0.411 e. The molecule has 0 amide bonds. The number of benzene rings is 1. The van der Waals surface area contributed by atoms with Crippen LogP contribution in [0.15, 0.2) is 65.0 Å². The summed E-state index contributed by atoms with van der Waals surface area (Å²) in [4.78, 5) is 13.3. The third-order valence-electron chi connectivity index (χ3n) is 4.83. The Labute approximate surface area is 178 Å². The maximum absolute atomic E-state index is 13.4. The molecule has 1 aliphatic heterocycles. The van der Waals surface area contributed by atoms with Gasteiger partial charge in [0.25, 0.3) is 0 Å². The van der Waals surface area contributed by atoms with Gasteiger partial charge in [0, 0.05) is 55.2 Å². The van der Waals surface area contributed by atoms with E-state index in [1.165, 1.54) is 12.1 Å². The number of fused-ring (bicyclic) bond motifs is 1. The van der Waals surface area contributed by atoms with Gasteiger partial charge >= 0.3 is 0 Å². The van der Waals surface area contributed by atoms with Gasteiger partial charge in [0.15, 0.2) is 5.82 Å². The average Bonchev–Trinajstić information content (AvgIpc) is 3.18. The first-order valence-electron chi connectivity index (χ1n) is 9.44. The predicted molar refractivity (Wildman–Crippen MR) is 114 cm³/mol. The monoisotopic (exact) mass is 423 g/mol. The Bertz CT molecular complexity index is 1120. The lowest BCUT2D eigenvalue weighted by atomic mass is 9.97. The van der Waals surface area contributed by atoms with Crippen LogP contribution in [-0.4, -0.2) is 33.1 Å². The molecule has 0 saturated carbocycles. The van der Waals surface area contributed by atoms with E-state index in [1.807, 2.05) is 18.2 Å². The Balaban J connectivity index is 1.46. The first-order valence-corrected chi connectivity index (χ1v) is 9.82. The Hall–Kier alpha value is -3.16. The summed E-state index contributed by atoms with van der Waals surface area (Å²) >= 11 is 5.88. The first-order chi connectivity index (χ1) is 14.6. The summed E-state index contributed by atoms with van der Waals surface area (Å²) in [6.07, 6.45) is 4.32. The van der Waals surface area contributed by atoms with E-state index < -0.39 is 5.82 Å². The zero-order valence-corrected chi connectivity index (χ0v) is 16.8.